The van der Waals surface area contributed by atoms with E-state index in [1.54, 1.807) is 36.9 Å². The quantitative estimate of drug-likeness (QED) is 0.168. The molecule has 10 aromatic rings. The molecule has 254 valence electrons. The van der Waals surface area contributed by atoms with Crippen LogP contribution in [0.25, 0.3) is 93.7 Å². The number of para-hydroxylation sites is 2. The van der Waals surface area contributed by atoms with Crippen molar-refractivity contribution >= 4 is 49.3 Å². The Balaban J connectivity index is 1.28. The van der Waals surface area contributed by atoms with E-state index in [0.717, 1.165) is 60.8 Å². The molecule has 0 N–H and O–H groups in total. The first-order valence-electron chi connectivity index (χ1n) is 17.2. The van der Waals surface area contributed by atoms with Gasteiger partial charge in [0.25, 0.3) is 0 Å². The fourth-order valence-electron chi connectivity index (χ4n) is 7.60. The Kier molecular flexibility index (Phi) is 7.10. The van der Waals surface area contributed by atoms with E-state index in [1.165, 1.54) is 12.1 Å². The molecule has 0 atom stereocenters. The average Bonchev–Trinajstić information content (AvgIpc) is 3.72. The van der Waals surface area contributed by atoms with Crippen LogP contribution >= 0.6 is 0 Å². The summed E-state index contributed by atoms with van der Waals surface area (Å²) in [4.78, 5) is 21.9. The van der Waals surface area contributed by atoms with Crippen molar-refractivity contribution < 1.29 is 8.78 Å². The SMILES string of the molecule is [C-]#[N+]c1cc(-n2c3ccccc3c3cc(-c4ncccn4)ccc32)c(-c2cc(F)cc(F)c2)cc1-n1c2ccccc2c2cc(-c3ncccn3)ccc21. The first kappa shape index (κ1) is 31.2. The van der Waals surface area contributed by atoms with Crippen molar-refractivity contribution in [2.45, 2.75) is 0 Å². The van der Waals surface area contributed by atoms with E-state index >= 15 is 8.78 Å². The zero-order valence-electron chi connectivity index (χ0n) is 28.3. The molecule has 6 aromatic carbocycles. The summed E-state index contributed by atoms with van der Waals surface area (Å²) in [5.74, 6) is -0.197. The second-order valence-electron chi connectivity index (χ2n) is 12.9. The lowest BCUT2D eigenvalue weighted by Gasteiger charge is -2.19. The largest absolute Gasteiger partial charge is 0.319 e. The number of halogens is 2. The van der Waals surface area contributed by atoms with Gasteiger partial charge >= 0.3 is 0 Å². The molecule has 4 heterocycles. The van der Waals surface area contributed by atoms with Gasteiger partial charge in [-0.3, -0.25) is 0 Å². The monoisotopic (exact) mass is 701 g/mol. The first-order chi connectivity index (χ1) is 26.6. The number of hydrogen-bond donors (Lipinski definition) is 0. The van der Waals surface area contributed by atoms with Crippen molar-refractivity contribution in [2.24, 2.45) is 0 Å². The van der Waals surface area contributed by atoms with E-state index in [9.17, 15) is 0 Å². The van der Waals surface area contributed by atoms with Crippen LogP contribution in [0.15, 0.2) is 152 Å². The molecule has 0 radical (unpaired) electrons. The van der Waals surface area contributed by atoms with Crippen LogP contribution in [0.4, 0.5) is 14.5 Å². The van der Waals surface area contributed by atoms with E-state index in [0.29, 0.717) is 39.8 Å². The van der Waals surface area contributed by atoms with Crippen LogP contribution in [0.3, 0.4) is 0 Å². The number of aromatic nitrogens is 6. The number of benzene rings is 6. The Morgan fingerprint density at radius 2 is 0.926 bits per heavy atom. The maximum atomic E-state index is 15.1. The summed E-state index contributed by atoms with van der Waals surface area (Å²) in [7, 11) is 0. The van der Waals surface area contributed by atoms with Gasteiger partial charge in [-0.15, -0.1) is 0 Å². The van der Waals surface area contributed by atoms with Gasteiger partial charge in [-0.1, -0.05) is 36.4 Å². The molecule has 0 aliphatic rings. The van der Waals surface area contributed by atoms with Gasteiger partial charge in [-0.2, -0.15) is 0 Å². The third-order valence-electron chi connectivity index (χ3n) is 9.86. The molecule has 0 spiro atoms. The lowest BCUT2D eigenvalue weighted by atomic mass is 10.0. The minimum Gasteiger partial charge on any atom is -0.319 e. The minimum atomic E-state index is -0.700. The minimum absolute atomic E-state index is 0.338. The third-order valence-corrected chi connectivity index (χ3v) is 9.86. The fourth-order valence-corrected chi connectivity index (χ4v) is 7.60. The third kappa shape index (κ3) is 4.93. The normalized spacial score (nSPS) is 11.5. The molecular formula is C45H25F2N7. The molecule has 0 fully saturated rings. The molecule has 0 bridgehead atoms. The number of fused-ring (bicyclic) bond motifs is 6. The molecule has 10 rings (SSSR count). The van der Waals surface area contributed by atoms with Crippen LogP contribution in [-0.2, 0) is 0 Å². The number of nitrogens with zero attached hydrogens (tertiary/aromatic N) is 7. The molecule has 54 heavy (non-hydrogen) atoms. The van der Waals surface area contributed by atoms with Crippen molar-refractivity contribution in [3.63, 3.8) is 0 Å². The topological polar surface area (TPSA) is 65.8 Å². The van der Waals surface area contributed by atoms with Crippen molar-refractivity contribution in [1.29, 1.82) is 0 Å². The van der Waals surface area contributed by atoms with Gasteiger partial charge in [0.15, 0.2) is 11.6 Å². The highest BCUT2D eigenvalue weighted by Crippen LogP contribution is 2.44. The van der Waals surface area contributed by atoms with Crippen molar-refractivity contribution in [3.8, 4) is 45.3 Å². The second-order valence-corrected chi connectivity index (χ2v) is 12.9. The van der Waals surface area contributed by atoms with Gasteiger partial charge in [0, 0.05) is 74.8 Å². The lowest BCUT2D eigenvalue weighted by Crippen LogP contribution is -2.02. The summed E-state index contributed by atoms with van der Waals surface area (Å²) in [6.45, 7) is 8.52. The van der Waals surface area contributed by atoms with E-state index < -0.39 is 11.6 Å². The van der Waals surface area contributed by atoms with Crippen molar-refractivity contribution in [2.75, 3.05) is 0 Å². The second kappa shape index (κ2) is 12.3. The van der Waals surface area contributed by atoms with Gasteiger partial charge in [0.05, 0.1) is 34.3 Å². The van der Waals surface area contributed by atoms with Crippen LogP contribution in [0.2, 0.25) is 0 Å². The summed E-state index contributed by atoms with van der Waals surface area (Å²) in [5.41, 5.74) is 7.60. The maximum Gasteiger partial charge on any atom is 0.212 e. The maximum absolute atomic E-state index is 15.1. The molecular weight excluding hydrogens is 677 g/mol. The summed E-state index contributed by atoms with van der Waals surface area (Å²) >= 11 is 0. The Hall–Kier alpha value is -7.57. The Morgan fingerprint density at radius 3 is 1.44 bits per heavy atom. The van der Waals surface area contributed by atoms with Gasteiger partial charge in [0.1, 0.15) is 11.6 Å². The molecule has 0 amide bonds. The summed E-state index contributed by atoms with van der Waals surface area (Å²) in [5, 5.41) is 3.84. The van der Waals surface area contributed by atoms with Crippen molar-refractivity contribution in [3.05, 3.63) is 175 Å². The fraction of sp³-hybridized carbons (Fsp3) is 0. The van der Waals surface area contributed by atoms with Gasteiger partial charge < -0.3 is 9.13 Å². The van der Waals surface area contributed by atoms with Crippen LogP contribution in [0.1, 0.15) is 0 Å². The summed E-state index contributed by atoms with van der Waals surface area (Å²) in [6, 6.07) is 38.8. The molecule has 4 aromatic heterocycles. The smallest absolute Gasteiger partial charge is 0.212 e. The van der Waals surface area contributed by atoms with E-state index in [4.69, 9.17) is 6.57 Å². The Bertz CT molecular complexity index is 3120. The van der Waals surface area contributed by atoms with Gasteiger partial charge in [0.2, 0.25) is 5.69 Å². The zero-order valence-corrected chi connectivity index (χ0v) is 28.3. The first-order valence-corrected chi connectivity index (χ1v) is 17.2. The van der Waals surface area contributed by atoms with E-state index in [2.05, 4.69) is 46.0 Å². The van der Waals surface area contributed by atoms with Gasteiger partial charge in [-0.05, 0) is 90.5 Å². The Morgan fingerprint density at radius 1 is 0.444 bits per heavy atom. The van der Waals surface area contributed by atoms with Crippen LogP contribution in [0, 0.1) is 18.2 Å². The Labute approximate surface area is 306 Å². The molecule has 9 heteroatoms. The molecule has 0 saturated heterocycles. The van der Waals surface area contributed by atoms with Crippen LogP contribution in [0.5, 0.6) is 0 Å². The highest BCUT2D eigenvalue weighted by Gasteiger charge is 2.23. The van der Waals surface area contributed by atoms with Crippen LogP contribution < -0.4 is 0 Å². The molecule has 0 aliphatic carbocycles. The predicted molar refractivity (Wildman–Crippen MR) is 209 cm³/mol. The average molecular weight is 702 g/mol. The van der Waals surface area contributed by atoms with Crippen LogP contribution in [-0.4, -0.2) is 29.1 Å². The standard InChI is InChI=1S/C45H25F2N7/c1-48-37-26-42(53-38-10-4-2-8-32(38)35-22-27(12-14-40(35)53)44-49-16-6-17-50-44)34(29-20-30(46)24-31(47)21-29)25-43(37)54-39-11-5-3-9-33(39)36-23-28(13-15-41(36)54)45-51-18-7-19-52-45/h2-26H. The molecule has 0 saturated carbocycles. The molecule has 7 nitrogen and oxygen atoms in total. The highest BCUT2D eigenvalue weighted by atomic mass is 19.1. The predicted octanol–water partition coefficient (Wildman–Crippen LogP) is 11.3. The zero-order chi connectivity index (χ0) is 36.3. The summed E-state index contributed by atoms with van der Waals surface area (Å²) < 4.78 is 34.3. The molecule has 0 aliphatic heterocycles. The number of hydrogen-bond acceptors (Lipinski definition) is 4. The van der Waals surface area contributed by atoms with Crippen molar-refractivity contribution in [1.82, 2.24) is 29.1 Å². The van der Waals surface area contributed by atoms with E-state index in [1.807, 2.05) is 84.9 Å². The van der Waals surface area contributed by atoms with Gasteiger partial charge in [-0.25, -0.2) is 33.6 Å². The highest BCUT2D eigenvalue weighted by molar-refractivity contribution is 6.12. The lowest BCUT2D eigenvalue weighted by molar-refractivity contribution is 0.584. The summed E-state index contributed by atoms with van der Waals surface area (Å²) in [6.07, 6.45) is 6.84. The molecule has 0 unspecified atom stereocenters. The number of rotatable bonds is 5. The van der Waals surface area contributed by atoms with E-state index in [-0.39, 0.29) is 0 Å².